The van der Waals surface area contributed by atoms with Gasteiger partial charge in [0.1, 0.15) is 12.4 Å². The van der Waals surface area contributed by atoms with Gasteiger partial charge in [0.15, 0.2) is 0 Å². The zero-order chi connectivity index (χ0) is 15.9. The second kappa shape index (κ2) is 9.71. The monoisotopic (exact) mass is 345 g/mol. The highest BCUT2D eigenvalue weighted by molar-refractivity contribution is 5.85. The average molecular weight is 346 g/mol. The van der Waals surface area contributed by atoms with E-state index in [0.29, 0.717) is 6.04 Å². The Labute approximate surface area is 152 Å². The number of rotatable bonds is 6. The van der Waals surface area contributed by atoms with Gasteiger partial charge in [-0.1, -0.05) is 55.0 Å². The first kappa shape index (κ1) is 18.8. The molecule has 1 aliphatic rings. The third-order valence-electron chi connectivity index (χ3n) is 4.79. The van der Waals surface area contributed by atoms with Crippen LogP contribution < -0.4 is 4.74 Å². The molecule has 0 aliphatic carbocycles. The third-order valence-corrected chi connectivity index (χ3v) is 4.79. The summed E-state index contributed by atoms with van der Waals surface area (Å²) in [6, 6.07) is 19.7. The van der Waals surface area contributed by atoms with E-state index in [2.05, 4.69) is 66.4 Å². The van der Waals surface area contributed by atoms with Gasteiger partial charge in [0.2, 0.25) is 0 Å². The van der Waals surface area contributed by atoms with E-state index in [4.69, 9.17) is 4.74 Å². The fourth-order valence-electron chi connectivity index (χ4n) is 3.37. The quantitative estimate of drug-likeness (QED) is 0.734. The van der Waals surface area contributed by atoms with Gasteiger partial charge < -0.3 is 4.74 Å². The lowest BCUT2D eigenvalue weighted by Gasteiger charge is -2.33. The Bertz CT molecular complexity index is 602. The Balaban J connectivity index is 0.00000208. The summed E-state index contributed by atoms with van der Waals surface area (Å²) in [5, 5.41) is 0. The second-order valence-electron chi connectivity index (χ2n) is 6.50. The lowest BCUT2D eigenvalue weighted by molar-refractivity contribution is 0.133. The number of ether oxygens (including phenoxy) is 1. The number of halogens is 1. The van der Waals surface area contributed by atoms with Crippen LogP contribution in [0.2, 0.25) is 0 Å². The normalized spacial score (nSPS) is 18.0. The molecule has 2 aromatic rings. The summed E-state index contributed by atoms with van der Waals surface area (Å²) in [6.45, 7) is 5.36. The van der Waals surface area contributed by atoms with Gasteiger partial charge in [-0.2, -0.15) is 0 Å². The van der Waals surface area contributed by atoms with Crippen LogP contribution in [0.5, 0.6) is 5.75 Å². The first-order chi connectivity index (χ1) is 11.3. The minimum Gasteiger partial charge on any atom is -0.492 e. The number of para-hydroxylation sites is 1. The summed E-state index contributed by atoms with van der Waals surface area (Å²) in [6.07, 6.45) is 4.95. The largest absolute Gasteiger partial charge is 0.492 e. The molecule has 0 amide bonds. The fourth-order valence-corrected chi connectivity index (χ4v) is 3.37. The molecule has 130 valence electrons. The van der Waals surface area contributed by atoms with Crippen LogP contribution in [0.25, 0.3) is 0 Å². The highest BCUT2D eigenvalue weighted by atomic mass is 35.5. The van der Waals surface area contributed by atoms with Crippen LogP contribution in [0.15, 0.2) is 54.6 Å². The van der Waals surface area contributed by atoms with Crippen molar-refractivity contribution in [2.45, 2.75) is 38.6 Å². The van der Waals surface area contributed by atoms with Crippen molar-refractivity contribution >= 4 is 12.4 Å². The van der Waals surface area contributed by atoms with Gasteiger partial charge in [0.05, 0.1) is 0 Å². The Morgan fingerprint density at radius 2 is 1.75 bits per heavy atom. The van der Waals surface area contributed by atoms with Crippen LogP contribution in [0.3, 0.4) is 0 Å². The highest BCUT2D eigenvalue weighted by Gasteiger charge is 2.17. The topological polar surface area (TPSA) is 12.5 Å². The molecule has 1 heterocycles. The van der Waals surface area contributed by atoms with Crippen molar-refractivity contribution in [1.82, 2.24) is 4.90 Å². The molecule has 1 aliphatic heterocycles. The molecule has 1 saturated heterocycles. The zero-order valence-corrected chi connectivity index (χ0v) is 15.3. The van der Waals surface area contributed by atoms with E-state index in [1.165, 1.54) is 36.9 Å². The van der Waals surface area contributed by atoms with Crippen molar-refractivity contribution in [3.63, 3.8) is 0 Å². The minimum atomic E-state index is 0. The standard InChI is InChI=1S/C21H27NO.ClH/c1-18-9-7-8-14-22(18)15-16-23-21-13-6-5-12-20(21)17-19-10-3-2-4-11-19;/h2-6,10-13,18H,7-9,14-17H2,1H3;1H. The lowest BCUT2D eigenvalue weighted by atomic mass is 10.0. The van der Waals surface area contributed by atoms with Crippen molar-refractivity contribution in [3.05, 3.63) is 65.7 Å². The van der Waals surface area contributed by atoms with Crippen LogP contribution in [-0.4, -0.2) is 30.6 Å². The molecule has 2 aromatic carbocycles. The molecule has 24 heavy (non-hydrogen) atoms. The number of piperidine rings is 1. The molecule has 3 rings (SSSR count). The van der Waals surface area contributed by atoms with Crippen LogP contribution in [0.1, 0.15) is 37.3 Å². The maximum atomic E-state index is 6.12. The van der Waals surface area contributed by atoms with Crippen LogP contribution >= 0.6 is 12.4 Å². The van der Waals surface area contributed by atoms with Gasteiger partial charge in [-0.05, 0) is 43.5 Å². The van der Waals surface area contributed by atoms with E-state index < -0.39 is 0 Å². The van der Waals surface area contributed by atoms with Crippen molar-refractivity contribution < 1.29 is 4.74 Å². The molecule has 0 radical (unpaired) electrons. The number of likely N-dealkylation sites (tertiary alicyclic amines) is 1. The summed E-state index contributed by atoms with van der Waals surface area (Å²) >= 11 is 0. The first-order valence-electron chi connectivity index (χ1n) is 8.81. The predicted octanol–water partition coefficient (Wildman–Crippen LogP) is 4.95. The molecule has 1 atom stereocenters. The molecule has 3 heteroatoms. The summed E-state index contributed by atoms with van der Waals surface area (Å²) in [5.41, 5.74) is 2.60. The Morgan fingerprint density at radius 3 is 2.54 bits per heavy atom. The average Bonchev–Trinajstić information content (AvgIpc) is 2.59. The Kier molecular flexibility index (Phi) is 7.61. The van der Waals surface area contributed by atoms with Crippen LogP contribution in [-0.2, 0) is 6.42 Å². The molecule has 0 aromatic heterocycles. The van der Waals surface area contributed by atoms with Crippen molar-refractivity contribution in [2.75, 3.05) is 19.7 Å². The van der Waals surface area contributed by atoms with E-state index in [1.807, 2.05) is 0 Å². The first-order valence-corrected chi connectivity index (χ1v) is 8.81. The summed E-state index contributed by atoms with van der Waals surface area (Å²) < 4.78 is 6.12. The van der Waals surface area contributed by atoms with Crippen molar-refractivity contribution in [1.29, 1.82) is 0 Å². The van der Waals surface area contributed by atoms with Crippen molar-refractivity contribution in [2.24, 2.45) is 0 Å². The van der Waals surface area contributed by atoms with E-state index in [9.17, 15) is 0 Å². The molecule has 0 N–H and O–H groups in total. The fraction of sp³-hybridized carbons (Fsp3) is 0.429. The molecule has 1 fully saturated rings. The number of hydrogen-bond acceptors (Lipinski definition) is 2. The van der Waals surface area contributed by atoms with Gasteiger partial charge in [0, 0.05) is 19.0 Å². The number of nitrogens with zero attached hydrogens (tertiary/aromatic N) is 1. The minimum absolute atomic E-state index is 0. The molecular formula is C21H28ClNO. The highest BCUT2D eigenvalue weighted by Crippen LogP contribution is 2.22. The zero-order valence-electron chi connectivity index (χ0n) is 14.5. The maximum absolute atomic E-state index is 6.12. The van der Waals surface area contributed by atoms with E-state index >= 15 is 0 Å². The Hall–Kier alpha value is -1.51. The van der Waals surface area contributed by atoms with E-state index in [-0.39, 0.29) is 12.4 Å². The van der Waals surface area contributed by atoms with Gasteiger partial charge in [0.25, 0.3) is 0 Å². The molecule has 1 unspecified atom stereocenters. The van der Waals surface area contributed by atoms with Crippen LogP contribution in [0, 0.1) is 0 Å². The summed E-state index contributed by atoms with van der Waals surface area (Å²) in [7, 11) is 0. The molecule has 2 nitrogen and oxygen atoms in total. The van der Waals surface area contributed by atoms with Gasteiger partial charge >= 0.3 is 0 Å². The SMILES string of the molecule is CC1CCCCN1CCOc1ccccc1Cc1ccccc1.Cl. The number of hydrogen-bond donors (Lipinski definition) is 0. The maximum Gasteiger partial charge on any atom is 0.122 e. The number of benzene rings is 2. The van der Waals surface area contributed by atoms with E-state index in [1.54, 1.807) is 0 Å². The predicted molar refractivity (Wildman–Crippen MR) is 103 cm³/mol. The van der Waals surface area contributed by atoms with Gasteiger partial charge in [-0.3, -0.25) is 4.90 Å². The van der Waals surface area contributed by atoms with Crippen molar-refractivity contribution in [3.8, 4) is 5.75 Å². The lowest BCUT2D eigenvalue weighted by Crippen LogP contribution is -2.39. The second-order valence-corrected chi connectivity index (χ2v) is 6.50. The molecule has 0 saturated carbocycles. The molecule has 0 spiro atoms. The smallest absolute Gasteiger partial charge is 0.122 e. The molecule has 0 bridgehead atoms. The Morgan fingerprint density at radius 1 is 1.00 bits per heavy atom. The van der Waals surface area contributed by atoms with E-state index in [0.717, 1.165) is 25.3 Å². The summed E-state index contributed by atoms with van der Waals surface area (Å²) in [4.78, 5) is 2.56. The van der Waals surface area contributed by atoms with Crippen LogP contribution in [0.4, 0.5) is 0 Å². The van der Waals surface area contributed by atoms with Gasteiger partial charge in [-0.25, -0.2) is 0 Å². The molecular weight excluding hydrogens is 318 g/mol. The van der Waals surface area contributed by atoms with Gasteiger partial charge in [-0.15, -0.1) is 12.4 Å². The summed E-state index contributed by atoms with van der Waals surface area (Å²) in [5.74, 6) is 1.03. The third kappa shape index (κ3) is 5.25.